The lowest BCUT2D eigenvalue weighted by Gasteiger charge is -2.23. The Kier molecular flexibility index (Phi) is 4.79. The zero-order valence-electron chi connectivity index (χ0n) is 9.95. The SMILES string of the molecule is CCCNC(Cc1ccco1)C1CCSC1. The summed E-state index contributed by atoms with van der Waals surface area (Å²) in [6.07, 6.45) is 5.37. The van der Waals surface area contributed by atoms with E-state index in [2.05, 4.69) is 30.1 Å². The van der Waals surface area contributed by atoms with E-state index in [4.69, 9.17) is 4.42 Å². The molecule has 1 aliphatic rings. The van der Waals surface area contributed by atoms with E-state index in [1.165, 1.54) is 24.3 Å². The number of nitrogens with one attached hydrogen (secondary N) is 1. The Bertz CT molecular complexity index is 280. The monoisotopic (exact) mass is 239 g/mol. The number of thioether (sulfide) groups is 1. The fourth-order valence-corrected chi connectivity index (χ4v) is 3.59. The first-order valence-corrected chi connectivity index (χ1v) is 7.39. The molecule has 1 aliphatic heterocycles. The molecule has 2 rings (SSSR count). The van der Waals surface area contributed by atoms with Gasteiger partial charge in [0.05, 0.1) is 6.26 Å². The topological polar surface area (TPSA) is 25.2 Å². The van der Waals surface area contributed by atoms with Gasteiger partial charge in [-0.2, -0.15) is 11.8 Å². The quantitative estimate of drug-likeness (QED) is 0.826. The molecule has 2 heterocycles. The molecule has 3 heteroatoms. The molecule has 2 nitrogen and oxygen atoms in total. The van der Waals surface area contributed by atoms with Crippen molar-refractivity contribution in [1.82, 2.24) is 5.32 Å². The van der Waals surface area contributed by atoms with Crippen molar-refractivity contribution in [2.24, 2.45) is 5.92 Å². The lowest BCUT2D eigenvalue weighted by atomic mass is 9.95. The van der Waals surface area contributed by atoms with Crippen molar-refractivity contribution in [1.29, 1.82) is 0 Å². The van der Waals surface area contributed by atoms with Gasteiger partial charge < -0.3 is 9.73 Å². The van der Waals surface area contributed by atoms with Gasteiger partial charge in [0.1, 0.15) is 5.76 Å². The summed E-state index contributed by atoms with van der Waals surface area (Å²) in [6.45, 7) is 3.34. The first kappa shape index (κ1) is 12.1. The van der Waals surface area contributed by atoms with E-state index in [1.54, 1.807) is 6.26 Å². The molecule has 0 saturated carbocycles. The van der Waals surface area contributed by atoms with E-state index in [9.17, 15) is 0 Å². The Labute approximate surface area is 102 Å². The van der Waals surface area contributed by atoms with Crippen LogP contribution in [0.4, 0.5) is 0 Å². The summed E-state index contributed by atoms with van der Waals surface area (Å²) in [5, 5.41) is 3.68. The first-order chi connectivity index (χ1) is 7.90. The van der Waals surface area contributed by atoms with Crippen molar-refractivity contribution in [2.75, 3.05) is 18.1 Å². The van der Waals surface area contributed by atoms with Crippen LogP contribution < -0.4 is 5.32 Å². The van der Waals surface area contributed by atoms with Crippen LogP contribution in [0.25, 0.3) is 0 Å². The molecule has 2 atom stereocenters. The minimum absolute atomic E-state index is 0.598. The van der Waals surface area contributed by atoms with Crippen molar-refractivity contribution in [3.8, 4) is 0 Å². The van der Waals surface area contributed by atoms with Gasteiger partial charge in [0.2, 0.25) is 0 Å². The van der Waals surface area contributed by atoms with Gasteiger partial charge in [-0.3, -0.25) is 0 Å². The molecule has 1 aromatic heterocycles. The lowest BCUT2D eigenvalue weighted by Crippen LogP contribution is -2.38. The summed E-state index contributed by atoms with van der Waals surface area (Å²) < 4.78 is 5.46. The van der Waals surface area contributed by atoms with Crippen molar-refractivity contribution >= 4 is 11.8 Å². The summed E-state index contributed by atoms with van der Waals surface area (Å²) in [5.74, 6) is 4.57. The number of hydrogen-bond donors (Lipinski definition) is 1. The fraction of sp³-hybridized carbons (Fsp3) is 0.692. The average molecular weight is 239 g/mol. The van der Waals surface area contributed by atoms with Crippen LogP contribution >= 0.6 is 11.8 Å². The van der Waals surface area contributed by atoms with Crippen molar-refractivity contribution in [2.45, 2.75) is 32.2 Å². The molecule has 1 fully saturated rings. The fourth-order valence-electron chi connectivity index (χ4n) is 2.25. The third kappa shape index (κ3) is 3.29. The van der Waals surface area contributed by atoms with Crippen LogP contribution in [0, 0.1) is 5.92 Å². The standard InChI is InChI=1S/C13H21NOS/c1-2-6-14-13(11-5-8-16-10-11)9-12-4-3-7-15-12/h3-4,7,11,13-14H,2,5-6,8-10H2,1H3. The summed E-state index contributed by atoms with van der Waals surface area (Å²) >= 11 is 2.09. The van der Waals surface area contributed by atoms with Crippen molar-refractivity contribution in [3.63, 3.8) is 0 Å². The maximum atomic E-state index is 5.46. The van der Waals surface area contributed by atoms with Crippen LogP contribution in [0.1, 0.15) is 25.5 Å². The second-order valence-corrected chi connectivity index (χ2v) is 5.62. The Hall–Kier alpha value is -0.410. The molecule has 90 valence electrons. The van der Waals surface area contributed by atoms with Gasteiger partial charge in [0.15, 0.2) is 0 Å². The Morgan fingerprint density at radius 3 is 3.19 bits per heavy atom. The Balaban J connectivity index is 1.90. The molecule has 0 aliphatic carbocycles. The van der Waals surface area contributed by atoms with Crippen LogP contribution in [0.3, 0.4) is 0 Å². The largest absolute Gasteiger partial charge is 0.469 e. The molecular formula is C13H21NOS. The Morgan fingerprint density at radius 2 is 2.56 bits per heavy atom. The molecule has 0 spiro atoms. The average Bonchev–Trinajstić information content (AvgIpc) is 2.96. The molecule has 1 aromatic rings. The predicted octanol–water partition coefficient (Wildman–Crippen LogP) is 2.94. The number of hydrogen-bond acceptors (Lipinski definition) is 3. The zero-order valence-corrected chi connectivity index (χ0v) is 10.8. The number of rotatable bonds is 6. The zero-order chi connectivity index (χ0) is 11.2. The highest BCUT2D eigenvalue weighted by Crippen LogP contribution is 2.27. The molecule has 0 radical (unpaired) electrons. The highest BCUT2D eigenvalue weighted by atomic mass is 32.2. The summed E-state index contributed by atoms with van der Waals surface area (Å²) in [6, 6.07) is 4.67. The molecule has 0 amide bonds. The first-order valence-electron chi connectivity index (χ1n) is 6.23. The second-order valence-electron chi connectivity index (χ2n) is 4.47. The van der Waals surface area contributed by atoms with Gasteiger partial charge in [0, 0.05) is 12.5 Å². The summed E-state index contributed by atoms with van der Waals surface area (Å²) in [5.41, 5.74) is 0. The maximum Gasteiger partial charge on any atom is 0.105 e. The second kappa shape index (κ2) is 6.36. The van der Waals surface area contributed by atoms with Gasteiger partial charge in [-0.15, -0.1) is 0 Å². The van der Waals surface area contributed by atoms with Crippen molar-refractivity contribution < 1.29 is 4.42 Å². The van der Waals surface area contributed by atoms with E-state index in [0.717, 1.165) is 24.6 Å². The smallest absolute Gasteiger partial charge is 0.105 e. The van der Waals surface area contributed by atoms with E-state index in [0.29, 0.717) is 6.04 Å². The van der Waals surface area contributed by atoms with Gasteiger partial charge in [0.25, 0.3) is 0 Å². The molecule has 16 heavy (non-hydrogen) atoms. The third-order valence-electron chi connectivity index (χ3n) is 3.19. The molecular weight excluding hydrogens is 218 g/mol. The van der Waals surface area contributed by atoms with E-state index < -0.39 is 0 Å². The van der Waals surface area contributed by atoms with Gasteiger partial charge in [-0.25, -0.2) is 0 Å². The van der Waals surface area contributed by atoms with Crippen LogP contribution in [0.5, 0.6) is 0 Å². The van der Waals surface area contributed by atoms with E-state index >= 15 is 0 Å². The minimum Gasteiger partial charge on any atom is -0.469 e. The molecule has 0 bridgehead atoms. The van der Waals surface area contributed by atoms with Crippen LogP contribution in [-0.2, 0) is 6.42 Å². The van der Waals surface area contributed by atoms with Gasteiger partial charge >= 0.3 is 0 Å². The number of furan rings is 1. The molecule has 1 saturated heterocycles. The van der Waals surface area contributed by atoms with E-state index in [1.807, 2.05) is 6.07 Å². The summed E-state index contributed by atoms with van der Waals surface area (Å²) in [4.78, 5) is 0. The van der Waals surface area contributed by atoms with Gasteiger partial charge in [-0.1, -0.05) is 6.92 Å². The normalized spacial score (nSPS) is 22.4. The summed E-state index contributed by atoms with van der Waals surface area (Å²) in [7, 11) is 0. The highest BCUT2D eigenvalue weighted by Gasteiger charge is 2.25. The third-order valence-corrected chi connectivity index (χ3v) is 4.38. The highest BCUT2D eigenvalue weighted by molar-refractivity contribution is 7.99. The van der Waals surface area contributed by atoms with Crippen LogP contribution in [-0.4, -0.2) is 24.1 Å². The Morgan fingerprint density at radius 1 is 1.62 bits per heavy atom. The molecule has 1 N–H and O–H groups in total. The van der Waals surface area contributed by atoms with Crippen molar-refractivity contribution in [3.05, 3.63) is 24.2 Å². The lowest BCUT2D eigenvalue weighted by molar-refractivity contribution is 0.355. The predicted molar refractivity (Wildman–Crippen MR) is 69.9 cm³/mol. The maximum absolute atomic E-state index is 5.46. The van der Waals surface area contributed by atoms with Crippen LogP contribution in [0.15, 0.2) is 22.8 Å². The van der Waals surface area contributed by atoms with Crippen LogP contribution in [0.2, 0.25) is 0 Å². The minimum atomic E-state index is 0.598. The van der Waals surface area contributed by atoms with E-state index in [-0.39, 0.29) is 0 Å². The van der Waals surface area contributed by atoms with Gasteiger partial charge in [-0.05, 0) is 48.9 Å². The molecule has 0 aromatic carbocycles. The molecule has 2 unspecified atom stereocenters.